The molecule has 0 aliphatic carbocycles. The zero-order chi connectivity index (χ0) is 10.6. The Morgan fingerprint density at radius 2 is 2.14 bits per heavy atom. The molecule has 0 spiro atoms. The van der Waals surface area contributed by atoms with E-state index in [1.54, 1.807) is 0 Å². The molecule has 0 bridgehead atoms. The van der Waals surface area contributed by atoms with Gasteiger partial charge in [-0.25, -0.2) is 4.98 Å². The van der Waals surface area contributed by atoms with Gasteiger partial charge in [0.15, 0.2) is 0 Å². The maximum absolute atomic E-state index is 5.98. The van der Waals surface area contributed by atoms with Crippen molar-refractivity contribution in [2.24, 2.45) is 0 Å². The predicted octanol–water partition coefficient (Wildman–Crippen LogP) is 2.27. The average molecular weight is 214 g/mol. The molecule has 0 saturated carbocycles. The highest BCUT2D eigenvalue weighted by molar-refractivity contribution is 6.31. The summed E-state index contributed by atoms with van der Waals surface area (Å²) in [5.41, 5.74) is 0.875. The Kier molecular flexibility index (Phi) is 4.17. The topological polar surface area (TPSA) is 37.0 Å². The number of rotatable bonds is 4. The van der Waals surface area contributed by atoms with E-state index in [0.29, 0.717) is 17.6 Å². The van der Waals surface area contributed by atoms with Gasteiger partial charge in [-0.2, -0.15) is 0 Å². The third-order valence-corrected chi connectivity index (χ3v) is 2.04. The van der Waals surface area contributed by atoms with Gasteiger partial charge in [0.1, 0.15) is 5.82 Å². The molecule has 14 heavy (non-hydrogen) atoms. The van der Waals surface area contributed by atoms with Crippen LogP contribution < -0.4 is 10.6 Å². The van der Waals surface area contributed by atoms with Crippen molar-refractivity contribution < 1.29 is 0 Å². The lowest BCUT2D eigenvalue weighted by Crippen LogP contribution is -2.13. The molecule has 78 valence electrons. The van der Waals surface area contributed by atoms with Crippen LogP contribution in [0.4, 0.5) is 5.82 Å². The van der Waals surface area contributed by atoms with Crippen molar-refractivity contribution in [3.05, 3.63) is 22.8 Å². The maximum atomic E-state index is 5.98. The average Bonchev–Trinajstić information content (AvgIpc) is 2.10. The van der Waals surface area contributed by atoms with E-state index in [1.807, 2.05) is 19.2 Å². The van der Waals surface area contributed by atoms with Gasteiger partial charge in [0.25, 0.3) is 0 Å². The van der Waals surface area contributed by atoms with E-state index in [-0.39, 0.29) is 0 Å². The fraction of sp³-hybridized carbons (Fsp3) is 0.500. The van der Waals surface area contributed by atoms with E-state index >= 15 is 0 Å². The number of hydrogen-bond donors (Lipinski definition) is 2. The number of hydrogen-bond acceptors (Lipinski definition) is 3. The minimum atomic E-state index is 0.381. The molecule has 0 aliphatic rings. The molecule has 0 amide bonds. The molecule has 0 saturated heterocycles. The summed E-state index contributed by atoms with van der Waals surface area (Å²) >= 11 is 5.98. The van der Waals surface area contributed by atoms with Crippen LogP contribution >= 0.6 is 11.6 Å². The first-order valence-electron chi connectivity index (χ1n) is 4.70. The molecule has 0 atom stereocenters. The summed E-state index contributed by atoms with van der Waals surface area (Å²) in [7, 11) is 1.88. The number of pyridine rings is 1. The Balaban J connectivity index is 2.83. The van der Waals surface area contributed by atoms with Crippen molar-refractivity contribution in [3.63, 3.8) is 0 Å². The molecule has 0 radical (unpaired) electrons. The quantitative estimate of drug-likeness (QED) is 0.806. The van der Waals surface area contributed by atoms with Crippen molar-refractivity contribution in [1.29, 1.82) is 0 Å². The zero-order valence-corrected chi connectivity index (χ0v) is 9.52. The van der Waals surface area contributed by atoms with Crippen LogP contribution in [-0.4, -0.2) is 18.1 Å². The normalized spacial score (nSPS) is 10.6. The number of nitrogens with one attached hydrogen (secondary N) is 2. The number of halogens is 1. The number of nitrogens with zero attached hydrogens (tertiary/aromatic N) is 1. The minimum Gasteiger partial charge on any atom is -0.368 e. The molecule has 1 rings (SSSR count). The van der Waals surface area contributed by atoms with Crippen molar-refractivity contribution in [1.82, 2.24) is 10.3 Å². The van der Waals surface area contributed by atoms with Gasteiger partial charge >= 0.3 is 0 Å². The predicted molar refractivity (Wildman–Crippen MR) is 60.8 cm³/mol. The molecule has 0 unspecified atom stereocenters. The van der Waals surface area contributed by atoms with Crippen LogP contribution in [0.25, 0.3) is 0 Å². The first-order valence-corrected chi connectivity index (χ1v) is 5.08. The molecular weight excluding hydrogens is 198 g/mol. The third kappa shape index (κ3) is 3.16. The number of anilines is 1. The van der Waals surface area contributed by atoms with Crippen LogP contribution in [0, 0.1) is 0 Å². The van der Waals surface area contributed by atoms with Crippen LogP contribution in [0.3, 0.4) is 0 Å². The highest BCUT2D eigenvalue weighted by Crippen LogP contribution is 2.16. The van der Waals surface area contributed by atoms with Gasteiger partial charge < -0.3 is 10.6 Å². The van der Waals surface area contributed by atoms with E-state index in [1.165, 1.54) is 0 Å². The van der Waals surface area contributed by atoms with Crippen molar-refractivity contribution in [3.8, 4) is 0 Å². The molecular formula is C10H16ClN3. The summed E-state index contributed by atoms with van der Waals surface area (Å²) in [6.07, 6.45) is 0. The van der Waals surface area contributed by atoms with Gasteiger partial charge in [0.05, 0.1) is 10.7 Å². The Bertz CT molecular complexity index is 299. The lowest BCUT2D eigenvalue weighted by molar-refractivity contribution is 0.788. The molecule has 1 heterocycles. The van der Waals surface area contributed by atoms with E-state index < -0.39 is 0 Å². The van der Waals surface area contributed by atoms with Gasteiger partial charge in [0, 0.05) is 12.6 Å². The lowest BCUT2D eigenvalue weighted by atomic mass is 10.3. The van der Waals surface area contributed by atoms with Crippen LogP contribution in [0.5, 0.6) is 0 Å². The molecule has 3 nitrogen and oxygen atoms in total. The summed E-state index contributed by atoms with van der Waals surface area (Å²) in [5, 5.41) is 6.97. The monoisotopic (exact) mass is 213 g/mol. The second-order valence-corrected chi connectivity index (χ2v) is 3.86. The van der Waals surface area contributed by atoms with Crippen molar-refractivity contribution >= 4 is 17.4 Å². The van der Waals surface area contributed by atoms with Crippen molar-refractivity contribution in [2.75, 3.05) is 12.4 Å². The van der Waals surface area contributed by atoms with Crippen LogP contribution in [0.1, 0.15) is 19.5 Å². The van der Waals surface area contributed by atoms with Gasteiger partial charge in [-0.1, -0.05) is 11.6 Å². The standard InChI is InChI=1S/C10H16ClN3/c1-7(2)13-10-5-4-8(11)9(14-10)6-12-3/h4-5,7,12H,6H2,1-3H3,(H,13,14). The highest BCUT2D eigenvalue weighted by Gasteiger charge is 2.03. The molecule has 2 N–H and O–H groups in total. The Labute approximate surface area is 89.9 Å². The smallest absolute Gasteiger partial charge is 0.126 e. The van der Waals surface area contributed by atoms with Crippen LogP contribution in [-0.2, 0) is 6.54 Å². The Morgan fingerprint density at radius 1 is 1.43 bits per heavy atom. The Morgan fingerprint density at radius 3 is 2.71 bits per heavy atom. The molecule has 0 aromatic carbocycles. The fourth-order valence-corrected chi connectivity index (χ4v) is 1.32. The third-order valence-electron chi connectivity index (χ3n) is 1.70. The Hall–Kier alpha value is -0.800. The minimum absolute atomic E-state index is 0.381. The summed E-state index contributed by atoms with van der Waals surface area (Å²) in [4.78, 5) is 4.40. The van der Waals surface area contributed by atoms with Gasteiger partial charge in [-0.05, 0) is 33.0 Å². The maximum Gasteiger partial charge on any atom is 0.126 e. The van der Waals surface area contributed by atoms with E-state index in [9.17, 15) is 0 Å². The van der Waals surface area contributed by atoms with E-state index in [0.717, 1.165) is 11.5 Å². The van der Waals surface area contributed by atoms with Crippen LogP contribution in [0.2, 0.25) is 5.02 Å². The van der Waals surface area contributed by atoms with Gasteiger partial charge in [0.2, 0.25) is 0 Å². The zero-order valence-electron chi connectivity index (χ0n) is 8.76. The summed E-state index contributed by atoms with van der Waals surface area (Å²) in [6, 6.07) is 4.14. The fourth-order valence-electron chi connectivity index (χ4n) is 1.15. The summed E-state index contributed by atoms with van der Waals surface area (Å²) in [5.74, 6) is 0.870. The van der Waals surface area contributed by atoms with Gasteiger partial charge in [-0.15, -0.1) is 0 Å². The van der Waals surface area contributed by atoms with Gasteiger partial charge in [-0.3, -0.25) is 0 Å². The number of aromatic nitrogens is 1. The van der Waals surface area contributed by atoms with E-state index in [4.69, 9.17) is 11.6 Å². The first kappa shape index (κ1) is 11.3. The second kappa shape index (κ2) is 5.17. The summed E-state index contributed by atoms with van der Waals surface area (Å²) < 4.78 is 0. The molecule has 4 heteroatoms. The molecule has 0 aliphatic heterocycles. The highest BCUT2D eigenvalue weighted by atomic mass is 35.5. The molecule has 1 aromatic rings. The van der Waals surface area contributed by atoms with Crippen molar-refractivity contribution in [2.45, 2.75) is 26.4 Å². The SMILES string of the molecule is CNCc1nc(NC(C)C)ccc1Cl. The summed E-state index contributed by atoms with van der Waals surface area (Å²) in [6.45, 7) is 4.84. The van der Waals surface area contributed by atoms with Crippen LogP contribution in [0.15, 0.2) is 12.1 Å². The molecule has 0 fully saturated rings. The second-order valence-electron chi connectivity index (χ2n) is 3.45. The lowest BCUT2D eigenvalue weighted by Gasteiger charge is -2.11. The van der Waals surface area contributed by atoms with E-state index in [2.05, 4.69) is 29.5 Å². The largest absolute Gasteiger partial charge is 0.368 e. The molecule has 1 aromatic heterocycles. The first-order chi connectivity index (χ1) is 6.63.